The van der Waals surface area contributed by atoms with Crippen molar-refractivity contribution in [2.24, 2.45) is 0 Å². The highest BCUT2D eigenvalue weighted by Crippen LogP contribution is 2.19. The van der Waals surface area contributed by atoms with Gasteiger partial charge in [0.2, 0.25) is 0 Å². The predicted octanol–water partition coefficient (Wildman–Crippen LogP) is 0.445. The Morgan fingerprint density at radius 3 is 2.42 bits per heavy atom. The number of nitrogens with zero attached hydrogens (tertiary/aromatic N) is 5. The molecular formula is C18H20ClN6O+. The predicted molar refractivity (Wildman–Crippen MR) is 100.0 cm³/mol. The van der Waals surface area contributed by atoms with E-state index in [0.29, 0.717) is 6.67 Å². The molecule has 0 atom stereocenters. The fourth-order valence-corrected chi connectivity index (χ4v) is 3.41. The van der Waals surface area contributed by atoms with Crippen molar-refractivity contribution >= 4 is 17.3 Å². The Hall–Kier alpha value is -2.64. The summed E-state index contributed by atoms with van der Waals surface area (Å²) >= 11 is 6.08. The van der Waals surface area contributed by atoms with Gasteiger partial charge in [-0.25, -0.2) is 4.79 Å². The Balaban J connectivity index is 1.41. The maximum Gasteiger partial charge on any atom is 0.373 e. The van der Waals surface area contributed by atoms with Crippen LogP contribution < -0.4 is 15.5 Å². The number of hydrogen-bond acceptors (Lipinski definition) is 4. The van der Waals surface area contributed by atoms with Gasteiger partial charge in [0.05, 0.1) is 31.9 Å². The molecule has 0 unspecified atom stereocenters. The number of tetrazole rings is 1. The molecule has 26 heavy (non-hydrogen) atoms. The molecule has 0 aliphatic carbocycles. The second kappa shape index (κ2) is 7.31. The van der Waals surface area contributed by atoms with Crippen LogP contribution in [0.3, 0.4) is 0 Å². The quantitative estimate of drug-likeness (QED) is 0.723. The molecule has 0 spiro atoms. The highest BCUT2D eigenvalue weighted by molar-refractivity contribution is 6.30. The molecule has 0 radical (unpaired) electrons. The van der Waals surface area contributed by atoms with Crippen LogP contribution in [-0.4, -0.2) is 46.0 Å². The topological polar surface area (TPSA) is 60.4 Å². The third kappa shape index (κ3) is 3.49. The van der Waals surface area contributed by atoms with E-state index in [0.717, 1.165) is 42.6 Å². The molecule has 0 amide bonds. The van der Waals surface area contributed by atoms with E-state index in [1.165, 1.54) is 14.3 Å². The van der Waals surface area contributed by atoms with Crippen molar-refractivity contribution < 1.29 is 4.90 Å². The number of rotatable bonds is 4. The Labute approximate surface area is 156 Å². The summed E-state index contributed by atoms with van der Waals surface area (Å²) in [5.74, 6) is 0. The van der Waals surface area contributed by atoms with E-state index < -0.39 is 0 Å². The highest BCUT2D eigenvalue weighted by atomic mass is 35.5. The fraction of sp³-hybridized carbons (Fsp3) is 0.278. The second-order valence-electron chi connectivity index (χ2n) is 6.38. The van der Waals surface area contributed by atoms with E-state index >= 15 is 0 Å². The van der Waals surface area contributed by atoms with Gasteiger partial charge in [-0.3, -0.25) is 0 Å². The smallest absolute Gasteiger partial charge is 0.360 e. The first-order valence-corrected chi connectivity index (χ1v) is 9.01. The number of halogens is 1. The average Bonchev–Trinajstić information content (AvgIpc) is 3.03. The highest BCUT2D eigenvalue weighted by Gasteiger charge is 2.22. The van der Waals surface area contributed by atoms with Crippen molar-refractivity contribution in [2.45, 2.75) is 6.67 Å². The van der Waals surface area contributed by atoms with Gasteiger partial charge in [0, 0.05) is 10.7 Å². The summed E-state index contributed by atoms with van der Waals surface area (Å²) in [7, 11) is 0. The molecule has 8 heteroatoms. The number of benzene rings is 2. The van der Waals surface area contributed by atoms with Gasteiger partial charge in [-0.05, 0) is 40.8 Å². The van der Waals surface area contributed by atoms with Gasteiger partial charge >= 0.3 is 5.69 Å². The summed E-state index contributed by atoms with van der Waals surface area (Å²) in [5, 5.41) is 8.79. The van der Waals surface area contributed by atoms with Crippen molar-refractivity contribution in [2.75, 3.05) is 31.1 Å². The number of piperazine rings is 1. The molecule has 2 aromatic carbocycles. The molecule has 7 nitrogen and oxygen atoms in total. The van der Waals surface area contributed by atoms with Crippen LogP contribution in [0.5, 0.6) is 0 Å². The summed E-state index contributed by atoms with van der Waals surface area (Å²) in [6, 6.07) is 17.3. The summed E-state index contributed by atoms with van der Waals surface area (Å²) in [6.07, 6.45) is 0. The van der Waals surface area contributed by atoms with Gasteiger partial charge in [0.1, 0.15) is 0 Å². The van der Waals surface area contributed by atoms with Crippen LogP contribution in [0.1, 0.15) is 0 Å². The van der Waals surface area contributed by atoms with Gasteiger partial charge in [0.25, 0.3) is 0 Å². The minimum absolute atomic E-state index is 0.207. The van der Waals surface area contributed by atoms with Gasteiger partial charge in [0.15, 0.2) is 6.67 Å². The van der Waals surface area contributed by atoms with Gasteiger partial charge in [-0.2, -0.15) is 4.68 Å². The molecule has 4 rings (SSSR count). The molecule has 1 saturated heterocycles. The molecule has 1 fully saturated rings. The zero-order chi connectivity index (χ0) is 17.9. The molecule has 3 aromatic rings. The van der Waals surface area contributed by atoms with E-state index in [9.17, 15) is 4.79 Å². The maximum atomic E-state index is 12.5. The SMILES string of the molecule is O=c1n(C[NH+]2CCN(c3cccc(Cl)c3)CC2)nnn1-c1ccccc1. The lowest BCUT2D eigenvalue weighted by Gasteiger charge is -2.33. The van der Waals surface area contributed by atoms with Crippen molar-refractivity contribution in [1.82, 2.24) is 19.8 Å². The van der Waals surface area contributed by atoms with Crippen LogP contribution in [0.4, 0.5) is 5.69 Å². The lowest BCUT2D eigenvalue weighted by atomic mass is 10.2. The zero-order valence-electron chi connectivity index (χ0n) is 14.3. The van der Waals surface area contributed by atoms with Crippen LogP contribution in [-0.2, 0) is 6.67 Å². The normalized spacial score (nSPS) is 15.3. The molecular weight excluding hydrogens is 352 g/mol. The number of anilines is 1. The van der Waals surface area contributed by atoms with Crippen LogP contribution >= 0.6 is 11.6 Å². The Bertz CT molecular complexity index is 930. The van der Waals surface area contributed by atoms with Crippen molar-refractivity contribution in [1.29, 1.82) is 0 Å². The number of aromatic nitrogens is 4. The van der Waals surface area contributed by atoms with Crippen LogP contribution in [0.25, 0.3) is 5.69 Å². The largest absolute Gasteiger partial charge is 0.373 e. The Morgan fingerprint density at radius 1 is 0.962 bits per heavy atom. The monoisotopic (exact) mass is 371 g/mol. The number of quaternary nitrogens is 1. The van der Waals surface area contributed by atoms with E-state index in [2.05, 4.69) is 21.4 Å². The minimum atomic E-state index is -0.207. The summed E-state index contributed by atoms with van der Waals surface area (Å²) in [6.45, 7) is 4.21. The lowest BCUT2D eigenvalue weighted by molar-refractivity contribution is -0.924. The average molecular weight is 372 g/mol. The molecule has 1 aliphatic heterocycles. The van der Waals surface area contributed by atoms with Crippen LogP contribution in [0, 0.1) is 0 Å². The zero-order valence-corrected chi connectivity index (χ0v) is 15.0. The first-order valence-electron chi connectivity index (χ1n) is 8.63. The molecule has 0 bridgehead atoms. The van der Waals surface area contributed by atoms with E-state index in [1.807, 2.05) is 48.5 Å². The molecule has 0 saturated carbocycles. The number of hydrogen-bond donors (Lipinski definition) is 1. The molecule has 134 valence electrons. The van der Waals surface area contributed by atoms with E-state index in [4.69, 9.17) is 11.6 Å². The van der Waals surface area contributed by atoms with Gasteiger partial charge < -0.3 is 9.80 Å². The standard InChI is InChI=1S/C18H19ClN6O/c19-15-5-4-8-17(13-15)23-11-9-22(10-12-23)14-24-18(26)25(21-20-24)16-6-2-1-3-7-16/h1-8,13H,9-12,14H2/p+1. The van der Waals surface area contributed by atoms with Gasteiger partial charge in [-0.15, -0.1) is 4.68 Å². The summed E-state index contributed by atoms with van der Waals surface area (Å²) in [4.78, 5) is 16.2. The Kier molecular flexibility index (Phi) is 4.73. The lowest BCUT2D eigenvalue weighted by Crippen LogP contribution is -3.14. The molecule has 2 heterocycles. The molecule has 1 N–H and O–H groups in total. The van der Waals surface area contributed by atoms with Gasteiger partial charge in [-0.1, -0.05) is 35.9 Å². The number of para-hydroxylation sites is 1. The first kappa shape index (κ1) is 16.8. The molecule has 1 aromatic heterocycles. The van der Waals surface area contributed by atoms with E-state index in [-0.39, 0.29) is 5.69 Å². The summed E-state index contributed by atoms with van der Waals surface area (Å²) < 4.78 is 2.78. The molecule has 1 aliphatic rings. The van der Waals surface area contributed by atoms with Crippen LogP contribution in [0.2, 0.25) is 5.02 Å². The minimum Gasteiger partial charge on any atom is -0.360 e. The van der Waals surface area contributed by atoms with Crippen LogP contribution in [0.15, 0.2) is 59.4 Å². The van der Waals surface area contributed by atoms with E-state index in [1.54, 1.807) is 0 Å². The fourth-order valence-electron chi connectivity index (χ4n) is 3.23. The third-order valence-electron chi connectivity index (χ3n) is 4.66. The number of nitrogens with one attached hydrogen (secondary N) is 1. The van der Waals surface area contributed by atoms with Crippen molar-refractivity contribution in [3.8, 4) is 5.69 Å². The Morgan fingerprint density at radius 2 is 1.69 bits per heavy atom. The van der Waals surface area contributed by atoms with Crippen molar-refractivity contribution in [3.05, 3.63) is 70.1 Å². The van der Waals surface area contributed by atoms with Crippen molar-refractivity contribution in [3.63, 3.8) is 0 Å². The maximum absolute atomic E-state index is 12.5. The first-order chi connectivity index (χ1) is 12.7. The summed E-state index contributed by atoms with van der Waals surface area (Å²) in [5.41, 5.74) is 1.66. The second-order valence-corrected chi connectivity index (χ2v) is 6.82. The third-order valence-corrected chi connectivity index (χ3v) is 4.89.